The minimum absolute atomic E-state index is 0.0237. The number of carbonyl (C=O) groups is 1. The molecule has 0 unspecified atom stereocenters. The molecular formula is C18H13FN4O4S2. The van der Waals surface area contributed by atoms with Crippen molar-refractivity contribution < 1.29 is 22.0 Å². The lowest BCUT2D eigenvalue weighted by Crippen LogP contribution is -2.45. The van der Waals surface area contributed by atoms with E-state index in [1.165, 1.54) is 25.1 Å². The van der Waals surface area contributed by atoms with Gasteiger partial charge in [0.1, 0.15) is 23.2 Å². The first-order chi connectivity index (χ1) is 13.8. The predicted molar refractivity (Wildman–Crippen MR) is 109 cm³/mol. The maximum absolute atomic E-state index is 13.1. The smallest absolute Gasteiger partial charge is 0.283 e. The molecule has 0 aliphatic carbocycles. The molecule has 4 rings (SSSR count). The molecule has 11 heteroatoms. The molecule has 3 heterocycles. The summed E-state index contributed by atoms with van der Waals surface area (Å²) in [4.78, 5) is 17.3. The largest absolute Gasteiger partial charge is 0.457 e. The molecular weight excluding hydrogens is 419 g/mol. The number of sulfone groups is 1. The van der Waals surface area contributed by atoms with Gasteiger partial charge in [-0.1, -0.05) is 6.92 Å². The van der Waals surface area contributed by atoms with Gasteiger partial charge in [0.05, 0.1) is 23.3 Å². The molecule has 8 nitrogen and oxygen atoms in total. The molecule has 1 N–H and O–H groups in total. The second-order valence-electron chi connectivity index (χ2n) is 6.02. The van der Waals surface area contributed by atoms with Crippen LogP contribution in [0.2, 0.25) is 0 Å². The highest BCUT2D eigenvalue weighted by atomic mass is 32.2. The third-order valence-corrected chi connectivity index (χ3v) is 6.60. The molecule has 148 valence electrons. The standard InChI is InChI=1S/C18H13FN4O4S2/c1-2-29(25,26)18-22-28-17-21-16(24)13(15(20)23(17)18)9-12-7-8-14(27-12)10-3-5-11(19)6-4-10/h3-9,20H,2H2,1H3/b13-9-,20-15?. The van der Waals surface area contributed by atoms with Crippen molar-refractivity contribution in [2.24, 2.45) is 9.39 Å². The molecule has 0 spiro atoms. The number of hydrogen-bond donors (Lipinski definition) is 1. The average Bonchev–Trinajstić information content (AvgIpc) is 3.33. The van der Waals surface area contributed by atoms with Gasteiger partial charge in [0.2, 0.25) is 20.2 Å². The van der Waals surface area contributed by atoms with Crippen LogP contribution >= 0.6 is 11.9 Å². The molecule has 1 aromatic carbocycles. The Morgan fingerprint density at radius 3 is 2.66 bits per heavy atom. The Morgan fingerprint density at radius 1 is 1.24 bits per heavy atom. The van der Waals surface area contributed by atoms with Crippen molar-refractivity contribution in [1.29, 1.82) is 5.41 Å². The summed E-state index contributed by atoms with van der Waals surface area (Å²) in [7, 11) is -3.71. The van der Waals surface area contributed by atoms with Crippen molar-refractivity contribution in [3.05, 3.63) is 53.5 Å². The van der Waals surface area contributed by atoms with Gasteiger partial charge in [0.25, 0.3) is 5.91 Å². The highest BCUT2D eigenvalue weighted by Crippen LogP contribution is 2.31. The molecule has 0 radical (unpaired) electrons. The number of nitrogens with one attached hydrogen (secondary N) is 1. The summed E-state index contributed by atoms with van der Waals surface area (Å²) in [6, 6.07) is 8.93. The van der Waals surface area contributed by atoms with Crippen LogP contribution in [0.1, 0.15) is 12.7 Å². The quantitative estimate of drug-likeness (QED) is 0.588. The number of rotatable bonds is 3. The highest BCUT2D eigenvalue weighted by Gasteiger charge is 2.42. The first-order valence-corrected chi connectivity index (χ1v) is 10.8. The highest BCUT2D eigenvalue weighted by molar-refractivity contribution is 8.16. The van der Waals surface area contributed by atoms with E-state index in [4.69, 9.17) is 9.83 Å². The van der Waals surface area contributed by atoms with E-state index in [9.17, 15) is 17.6 Å². The number of nitrogens with zero attached hydrogens (tertiary/aromatic N) is 3. The molecule has 2 aliphatic heterocycles. The van der Waals surface area contributed by atoms with E-state index in [0.29, 0.717) is 11.3 Å². The van der Waals surface area contributed by atoms with Crippen molar-refractivity contribution >= 4 is 49.9 Å². The minimum Gasteiger partial charge on any atom is -0.457 e. The topological polar surface area (TPSA) is 116 Å². The Balaban J connectivity index is 1.68. The van der Waals surface area contributed by atoms with E-state index in [0.717, 1.165) is 16.8 Å². The average molecular weight is 432 g/mol. The van der Waals surface area contributed by atoms with E-state index in [-0.39, 0.29) is 39.1 Å². The van der Waals surface area contributed by atoms with Crippen LogP contribution in [0, 0.1) is 11.2 Å². The molecule has 0 bridgehead atoms. The second kappa shape index (κ2) is 7.08. The van der Waals surface area contributed by atoms with Gasteiger partial charge < -0.3 is 4.42 Å². The molecule has 2 aliphatic rings. The van der Waals surface area contributed by atoms with Crippen LogP contribution in [0.5, 0.6) is 0 Å². The maximum Gasteiger partial charge on any atom is 0.283 e. The molecule has 29 heavy (non-hydrogen) atoms. The van der Waals surface area contributed by atoms with Gasteiger partial charge in [-0.2, -0.15) is 9.39 Å². The Labute approximate surface area is 169 Å². The fourth-order valence-electron chi connectivity index (χ4n) is 2.67. The Kier molecular flexibility index (Phi) is 4.71. The van der Waals surface area contributed by atoms with Crippen LogP contribution in [0.4, 0.5) is 4.39 Å². The predicted octanol–water partition coefficient (Wildman–Crippen LogP) is 3.10. The zero-order chi connectivity index (χ0) is 20.8. The van der Waals surface area contributed by atoms with Gasteiger partial charge in [-0.15, -0.1) is 0 Å². The minimum atomic E-state index is -3.71. The number of amides is 1. The normalized spacial score (nSPS) is 18.1. The third-order valence-electron chi connectivity index (χ3n) is 4.19. The van der Waals surface area contributed by atoms with E-state index in [1.807, 2.05) is 0 Å². The van der Waals surface area contributed by atoms with E-state index in [2.05, 4.69) is 9.39 Å². The van der Waals surface area contributed by atoms with Gasteiger partial charge in [0.15, 0.2) is 0 Å². The molecule has 0 atom stereocenters. The Morgan fingerprint density at radius 2 is 1.97 bits per heavy atom. The Hall–Kier alpha value is -3.05. The summed E-state index contributed by atoms with van der Waals surface area (Å²) in [6.45, 7) is 1.47. The van der Waals surface area contributed by atoms with Crippen LogP contribution in [0.25, 0.3) is 17.4 Å². The fraction of sp³-hybridized carbons (Fsp3) is 0.111. The number of carbonyl (C=O) groups excluding carboxylic acids is 1. The van der Waals surface area contributed by atoms with Crippen molar-refractivity contribution in [3.63, 3.8) is 0 Å². The summed E-state index contributed by atoms with van der Waals surface area (Å²) in [5.74, 6) is -0.904. The molecule has 2 aromatic rings. The van der Waals surface area contributed by atoms with Crippen molar-refractivity contribution in [2.45, 2.75) is 6.92 Å². The van der Waals surface area contributed by atoms with Crippen LogP contribution < -0.4 is 0 Å². The van der Waals surface area contributed by atoms with Gasteiger partial charge in [-0.3, -0.25) is 10.2 Å². The summed E-state index contributed by atoms with van der Waals surface area (Å²) in [5.41, 5.74) is 0.510. The summed E-state index contributed by atoms with van der Waals surface area (Å²) in [5, 5.41) is 8.05. The number of fused-ring (bicyclic) bond motifs is 1. The monoisotopic (exact) mass is 432 g/mol. The second-order valence-corrected chi connectivity index (χ2v) is 8.92. The van der Waals surface area contributed by atoms with Crippen molar-refractivity contribution in [1.82, 2.24) is 4.90 Å². The number of aliphatic imine (C=N–C) groups is 1. The lowest BCUT2D eigenvalue weighted by Gasteiger charge is -2.24. The lowest BCUT2D eigenvalue weighted by molar-refractivity contribution is -0.114. The number of benzene rings is 1. The van der Waals surface area contributed by atoms with E-state index >= 15 is 0 Å². The van der Waals surface area contributed by atoms with E-state index < -0.39 is 15.7 Å². The van der Waals surface area contributed by atoms with Crippen LogP contribution in [0.15, 0.2) is 55.8 Å². The number of halogens is 1. The molecule has 1 aromatic heterocycles. The van der Waals surface area contributed by atoms with Crippen LogP contribution in [0.3, 0.4) is 0 Å². The third kappa shape index (κ3) is 3.42. The number of furan rings is 1. The van der Waals surface area contributed by atoms with Crippen LogP contribution in [-0.4, -0.2) is 41.1 Å². The van der Waals surface area contributed by atoms with E-state index in [1.54, 1.807) is 24.3 Å². The van der Waals surface area contributed by atoms with Gasteiger partial charge in [-0.25, -0.2) is 17.7 Å². The van der Waals surface area contributed by atoms with Crippen molar-refractivity contribution in [3.8, 4) is 11.3 Å². The summed E-state index contributed by atoms with van der Waals surface area (Å²) in [6.07, 6.45) is 1.32. The number of hydrogen-bond acceptors (Lipinski definition) is 7. The van der Waals surface area contributed by atoms with Crippen LogP contribution in [-0.2, 0) is 14.6 Å². The number of amidine groups is 3. The molecule has 0 fully saturated rings. The lowest BCUT2D eigenvalue weighted by atomic mass is 10.1. The first kappa shape index (κ1) is 19.3. The van der Waals surface area contributed by atoms with Gasteiger partial charge in [0, 0.05) is 5.56 Å². The molecule has 0 saturated carbocycles. The molecule has 0 saturated heterocycles. The van der Waals surface area contributed by atoms with Gasteiger partial charge >= 0.3 is 0 Å². The summed E-state index contributed by atoms with van der Waals surface area (Å²) < 4.78 is 47.1. The van der Waals surface area contributed by atoms with Crippen molar-refractivity contribution in [2.75, 3.05) is 5.75 Å². The molecule has 1 amide bonds. The first-order valence-electron chi connectivity index (χ1n) is 8.37. The summed E-state index contributed by atoms with van der Waals surface area (Å²) >= 11 is 0.737. The zero-order valence-corrected chi connectivity index (χ0v) is 16.6. The Bertz CT molecular complexity index is 1230. The SMILES string of the molecule is CCS(=O)(=O)C1=NSC2=NC(=O)/C(=C\c3ccc(-c4ccc(F)cc4)o3)C(=N)N21. The maximum atomic E-state index is 13.1. The van der Waals surface area contributed by atoms with Gasteiger partial charge in [-0.05, 0) is 42.5 Å². The fourth-order valence-corrected chi connectivity index (χ4v) is 4.63. The zero-order valence-electron chi connectivity index (χ0n) is 14.9.